The summed E-state index contributed by atoms with van der Waals surface area (Å²) in [6.07, 6.45) is 7.01. The Kier molecular flexibility index (Phi) is 13.0. The van der Waals surface area contributed by atoms with Crippen molar-refractivity contribution in [3.05, 3.63) is 0 Å². The lowest BCUT2D eigenvalue weighted by Crippen LogP contribution is -3.00. The first-order chi connectivity index (χ1) is 8.41. The lowest BCUT2D eigenvalue weighted by Gasteiger charge is -2.41. The fourth-order valence-corrected chi connectivity index (χ4v) is 3.55. The van der Waals surface area contributed by atoms with Gasteiger partial charge in [-0.05, 0) is 38.0 Å². The third-order valence-electron chi connectivity index (χ3n) is 4.89. The van der Waals surface area contributed by atoms with Crippen LogP contribution in [0.5, 0.6) is 0 Å². The molecule has 1 aliphatic heterocycles. The molecule has 0 bridgehead atoms. The summed E-state index contributed by atoms with van der Waals surface area (Å²) in [5.41, 5.74) is 0. The lowest BCUT2D eigenvalue weighted by atomic mass is 9.91. The normalized spacial score (nSPS) is 26.6. The molecule has 0 spiro atoms. The molecule has 0 N–H and O–H groups in total. The zero-order chi connectivity index (χ0) is 13.6. The van der Waals surface area contributed by atoms with Crippen molar-refractivity contribution in [1.29, 1.82) is 0 Å². The summed E-state index contributed by atoms with van der Waals surface area (Å²) in [5, 5.41) is 0. The minimum absolute atomic E-state index is 0. The maximum atomic E-state index is 2.46. The summed E-state index contributed by atoms with van der Waals surface area (Å²) in [6.45, 7) is 11.5. The van der Waals surface area contributed by atoms with Gasteiger partial charge in [0.2, 0.25) is 0 Å². The Hall–Kier alpha value is 1.38. The summed E-state index contributed by atoms with van der Waals surface area (Å²) in [7, 11) is 7.24. The van der Waals surface area contributed by atoms with Gasteiger partial charge in [0.05, 0.1) is 53.9 Å². The highest BCUT2D eigenvalue weighted by Gasteiger charge is 2.30. The van der Waals surface area contributed by atoms with Crippen LogP contribution < -0.4 is 48.0 Å². The van der Waals surface area contributed by atoms with E-state index in [0.29, 0.717) is 0 Å². The first kappa shape index (κ1) is 23.6. The van der Waals surface area contributed by atoms with E-state index in [2.05, 4.69) is 35.0 Å². The molecule has 0 amide bonds. The second-order valence-electron chi connectivity index (χ2n) is 7.41. The number of hydrogen-bond acceptors (Lipinski definition) is 0. The molecular weight excluding hydrogens is 474 g/mol. The third kappa shape index (κ3) is 8.73. The Morgan fingerprint density at radius 2 is 1.50 bits per heavy atom. The first-order valence-corrected chi connectivity index (χ1v) is 8.06. The van der Waals surface area contributed by atoms with Gasteiger partial charge >= 0.3 is 0 Å². The van der Waals surface area contributed by atoms with Crippen LogP contribution in [-0.2, 0) is 0 Å². The highest BCUT2D eigenvalue weighted by molar-refractivity contribution is 4.64. The van der Waals surface area contributed by atoms with Crippen LogP contribution in [-0.4, -0.2) is 62.8 Å². The zero-order valence-corrected chi connectivity index (χ0v) is 18.6. The van der Waals surface area contributed by atoms with Crippen LogP contribution in [0, 0.1) is 5.92 Å². The molecule has 0 aromatic rings. The number of halogens is 2. The number of likely N-dealkylation sites (tertiary alicyclic amines) is 1. The number of piperidine rings is 1. The van der Waals surface area contributed by atoms with Crippen LogP contribution in [0.15, 0.2) is 0 Å². The van der Waals surface area contributed by atoms with E-state index in [0.717, 1.165) is 5.92 Å². The molecule has 0 saturated carbocycles. The van der Waals surface area contributed by atoms with Gasteiger partial charge < -0.3 is 56.9 Å². The highest BCUT2D eigenvalue weighted by atomic mass is 127. The summed E-state index contributed by atoms with van der Waals surface area (Å²) >= 11 is 0. The van der Waals surface area contributed by atoms with Gasteiger partial charge in [-0.3, -0.25) is 0 Å². The van der Waals surface area contributed by atoms with E-state index in [-0.39, 0.29) is 48.0 Å². The van der Waals surface area contributed by atoms with Gasteiger partial charge in [0.25, 0.3) is 0 Å². The van der Waals surface area contributed by atoms with Crippen LogP contribution in [0.25, 0.3) is 0 Å². The molecule has 20 heavy (non-hydrogen) atoms. The molecule has 0 aliphatic carbocycles. The summed E-state index contributed by atoms with van der Waals surface area (Å²) < 4.78 is 2.55. The Bertz CT molecular complexity index is 237. The minimum atomic E-state index is 0. The quantitative estimate of drug-likeness (QED) is 0.256. The van der Waals surface area contributed by atoms with Gasteiger partial charge in [-0.2, -0.15) is 0 Å². The number of rotatable bonds is 7. The standard InChI is InChI=1S/C16H36N2.2HI/c1-6-11-17(3,4)13-8-16-9-14-18(5,12-7-2)15-10-16;;/h16H,6-15H2,1-5H3;2*1H/q+2;;/p-2. The molecule has 1 rings (SSSR count). The first-order valence-electron chi connectivity index (χ1n) is 8.06. The number of quaternary nitrogens is 2. The Balaban J connectivity index is 0. The molecule has 0 aromatic heterocycles. The zero-order valence-electron chi connectivity index (χ0n) is 14.3. The summed E-state index contributed by atoms with van der Waals surface area (Å²) in [5.74, 6) is 1.00. The third-order valence-corrected chi connectivity index (χ3v) is 4.89. The van der Waals surface area contributed by atoms with Gasteiger partial charge in [-0.1, -0.05) is 13.8 Å². The molecule has 0 aromatic carbocycles. The van der Waals surface area contributed by atoms with Crippen molar-refractivity contribution in [2.75, 3.05) is 53.9 Å². The maximum absolute atomic E-state index is 2.46. The Morgan fingerprint density at radius 3 is 1.95 bits per heavy atom. The number of hydrogen-bond donors (Lipinski definition) is 0. The second-order valence-corrected chi connectivity index (χ2v) is 7.41. The molecule has 0 atom stereocenters. The topological polar surface area (TPSA) is 0 Å². The molecule has 0 unspecified atom stereocenters. The van der Waals surface area contributed by atoms with Crippen LogP contribution in [0.3, 0.4) is 0 Å². The van der Waals surface area contributed by atoms with Crippen molar-refractivity contribution < 1.29 is 56.9 Å². The van der Waals surface area contributed by atoms with Crippen molar-refractivity contribution in [1.82, 2.24) is 0 Å². The molecule has 4 heteroatoms. The second kappa shape index (κ2) is 11.0. The fourth-order valence-electron chi connectivity index (χ4n) is 3.55. The Labute approximate surface area is 161 Å². The van der Waals surface area contributed by atoms with Crippen molar-refractivity contribution in [3.63, 3.8) is 0 Å². The average molecular weight is 510 g/mol. The van der Waals surface area contributed by atoms with Gasteiger partial charge in [0.15, 0.2) is 0 Å². The fraction of sp³-hybridized carbons (Fsp3) is 1.00. The smallest absolute Gasteiger partial charge is 0.0787 e. The van der Waals surface area contributed by atoms with Crippen LogP contribution in [0.2, 0.25) is 0 Å². The molecule has 1 fully saturated rings. The lowest BCUT2D eigenvalue weighted by molar-refractivity contribution is -0.916. The highest BCUT2D eigenvalue weighted by Crippen LogP contribution is 2.25. The van der Waals surface area contributed by atoms with E-state index in [9.17, 15) is 0 Å². The van der Waals surface area contributed by atoms with Crippen LogP contribution in [0.4, 0.5) is 0 Å². The van der Waals surface area contributed by atoms with Crippen LogP contribution in [0.1, 0.15) is 46.0 Å². The number of nitrogens with zero attached hydrogens (tertiary/aromatic N) is 2. The summed E-state index contributed by atoms with van der Waals surface area (Å²) in [6, 6.07) is 0. The van der Waals surface area contributed by atoms with Crippen molar-refractivity contribution in [2.24, 2.45) is 5.92 Å². The van der Waals surface area contributed by atoms with Gasteiger partial charge in [0, 0.05) is 0 Å². The van der Waals surface area contributed by atoms with Gasteiger partial charge in [-0.25, -0.2) is 0 Å². The predicted octanol–water partition coefficient (Wildman–Crippen LogP) is -2.86. The molecule has 124 valence electrons. The minimum Gasteiger partial charge on any atom is -1.00 e. The van der Waals surface area contributed by atoms with Gasteiger partial charge in [-0.15, -0.1) is 0 Å². The van der Waals surface area contributed by atoms with E-state index < -0.39 is 0 Å². The van der Waals surface area contributed by atoms with Crippen LogP contribution >= 0.6 is 0 Å². The van der Waals surface area contributed by atoms with E-state index >= 15 is 0 Å². The maximum Gasteiger partial charge on any atom is 0.0787 e. The molecule has 1 saturated heterocycles. The molecule has 1 heterocycles. The molecular formula is C16H36I2N2. The van der Waals surface area contributed by atoms with E-state index in [1.807, 2.05) is 0 Å². The van der Waals surface area contributed by atoms with Crippen molar-refractivity contribution >= 4 is 0 Å². The van der Waals surface area contributed by atoms with E-state index in [1.165, 1.54) is 73.8 Å². The molecule has 0 radical (unpaired) electrons. The molecule has 1 aliphatic rings. The van der Waals surface area contributed by atoms with E-state index in [4.69, 9.17) is 0 Å². The molecule has 2 nitrogen and oxygen atoms in total. The Morgan fingerprint density at radius 1 is 0.950 bits per heavy atom. The largest absolute Gasteiger partial charge is 1.00 e. The van der Waals surface area contributed by atoms with Crippen molar-refractivity contribution in [2.45, 2.75) is 46.0 Å². The monoisotopic (exact) mass is 510 g/mol. The SMILES string of the molecule is CCC[N+](C)(C)CCC1CC[N+](C)(CCC)CC1.[I-].[I-]. The van der Waals surface area contributed by atoms with Gasteiger partial charge in [0.1, 0.15) is 0 Å². The average Bonchev–Trinajstić information content (AvgIpc) is 2.28. The summed E-state index contributed by atoms with van der Waals surface area (Å²) in [4.78, 5) is 0. The van der Waals surface area contributed by atoms with Crippen molar-refractivity contribution in [3.8, 4) is 0 Å². The predicted molar refractivity (Wildman–Crippen MR) is 80.6 cm³/mol. The van der Waals surface area contributed by atoms with E-state index in [1.54, 1.807) is 0 Å².